The van der Waals surface area contributed by atoms with Crippen molar-refractivity contribution >= 4 is 17.3 Å². The Labute approximate surface area is 123 Å². The number of anilines is 2. The van der Waals surface area contributed by atoms with Gasteiger partial charge < -0.3 is 20.4 Å². The molecule has 0 fully saturated rings. The standard InChI is InChI=1S/C16H18N2O3/c1-10-4-5-11(8-14(10)18(2)3)17-16(21)13-9-12(19)6-7-15(13)20/h4-9,19-20H,1-3H3,(H,17,21). The number of benzene rings is 2. The molecule has 21 heavy (non-hydrogen) atoms. The van der Waals surface area contributed by atoms with E-state index < -0.39 is 5.91 Å². The van der Waals surface area contributed by atoms with Crippen LogP contribution in [-0.2, 0) is 0 Å². The van der Waals surface area contributed by atoms with Crippen LogP contribution in [0.15, 0.2) is 36.4 Å². The zero-order valence-electron chi connectivity index (χ0n) is 12.2. The average Bonchev–Trinajstić information content (AvgIpc) is 2.43. The van der Waals surface area contributed by atoms with Crippen LogP contribution in [-0.4, -0.2) is 30.2 Å². The molecular formula is C16H18N2O3. The smallest absolute Gasteiger partial charge is 0.259 e. The fraction of sp³-hybridized carbons (Fsp3) is 0.188. The van der Waals surface area contributed by atoms with Crippen LogP contribution in [0.3, 0.4) is 0 Å². The second-order valence-corrected chi connectivity index (χ2v) is 5.05. The van der Waals surface area contributed by atoms with Crippen molar-refractivity contribution in [3.8, 4) is 11.5 Å². The van der Waals surface area contributed by atoms with E-state index in [1.165, 1.54) is 18.2 Å². The van der Waals surface area contributed by atoms with Crippen molar-refractivity contribution in [3.63, 3.8) is 0 Å². The second kappa shape index (κ2) is 5.75. The molecule has 0 radical (unpaired) electrons. The van der Waals surface area contributed by atoms with E-state index in [0.29, 0.717) is 5.69 Å². The van der Waals surface area contributed by atoms with Crippen molar-refractivity contribution in [2.24, 2.45) is 0 Å². The van der Waals surface area contributed by atoms with Gasteiger partial charge in [-0.15, -0.1) is 0 Å². The molecular weight excluding hydrogens is 268 g/mol. The molecule has 0 aliphatic rings. The van der Waals surface area contributed by atoms with Crippen molar-refractivity contribution in [2.45, 2.75) is 6.92 Å². The molecule has 0 saturated heterocycles. The Morgan fingerprint density at radius 1 is 1.10 bits per heavy atom. The Morgan fingerprint density at radius 2 is 1.81 bits per heavy atom. The van der Waals surface area contributed by atoms with E-state index in [-0.39, 0.29) is 17.1 Å². The summed E-state index contributed by atoms with van der Waals surface area (Å²) in [7, 11) is 3.85. The minimum Gasteiger partial charge on any atom is -0.508 e. The number of hydrogen-bond acceptors (Lipinski definition) is 4. The van der Waals surface area contributed by atoms with Crippen molar-refractivity contribution in [1.82, 2.24) is 0 Å². The summed E-state index contributed by atoms with van der Waals surface area (Å²) in [4.78, 5) is 14.1. The summed E-state index contributed by atoms with van der Waals surface area (Å²) < 4.78 is 0. The topological polar surface area (TPSA) is 72.8 Å². The fourth-order valence-electron chi connectivity index (χ4n) is 2.07. The molecule has 2 aromatic rings. The van der Waals surface area contributed by atoms with Gasteiger partial charge in [0.15, 0.2) is 0 Å². The third-order valence-corrected chi connectivity index (χ3v) is 3.17. The third-order valence-electron chi connectivity index (χ3n) is 3.17. The maximum absolute atomic E-state index is 12.2. The first-order valence-electron chi connectivity index (χ1n) is 6.50. The van der Waals surface area contributed by atoms with E-state index in [9.17, 15) is 15.0 Å². The van der Waals surface area contributed by atoms with Crippen LogP contribution in [0, 0.1) is 6.92 Å². The van der Waals surface area contributed by atoms with E-state index >= 15 is 0 Å². The normalized spacial score (nSPS) is 10.2. The highest BCUT2D eigenvalue weighted by Gasteiger charge is 2.13. The van der Waals surface area contributed by atoms with Crippen LogP contribution in [0.25, 0.3) is 0 Å². The van der Waals surface area contributed by atoms with Crippen molar-refractivity contribution in [2.75, 3.05) is 24.3 Å². The lowest BCUT2D eigenvalue weighted by atomic mass is 10.1. The molecule has 2 aromatic carbocycles. The van der Waals surface area contributed by atoms with Crippen molar-refractivity contribution in [3.05, 3.63) is 47.5 Å². The molecule has 0 aliphatic carbocycles. The number of nitrogens with one attached hydrogen (secondary N) is 1. The number of amides is 1. The zero-order valence-corrected chi connectivity index (χ0v) is 12.2. The third kappa shape index (κ3) is 3.25. The molecule has 1 amide bonds. The quantitative estimate of drug-likeness (QED) is 0.759. The molecule has 0 atom stereocenters. The Kier molecular flexibility index (Phi) is 4.03. The summed E-state index contributed by atoms with van der Waals surface area (Å²) in [5.41, 5.74) is 2.74. The first-order valence-corrected chi connectivity index (χ1v) is 6.50. The summed E-state index contributed by atoms with van der Waals surface area (Å²) in [5.74, 6) is -0.724. The number of hydrogen-bond donors (Lipinski definition) is 3. The van der Waals surface area contributed by atoms with Crippen LogP contribution < -0.4 is 10.2 Å². The predicted octanol–water partition coefficient (Wildman–Crippen LogP) is 2.72. The molecule has 0 aromatic heterocycles. The average molecular weight is 286 g/mol. The van der Waals surface area contributed by atoms with Gasteiger partial charge in [0.25, 0.3) is 5.91 Å². The van der Waals surface area contributed by atoms with E-state index in [2.05, 4.69) is 5.32 Å². The van der Waals surface area contributed by atoms with E-state index in [1.54, 1.807) is 6.07 Å². The Bertz CT molecular complexity index is 681. The highest BCUT2D eigenvalue weighted by Crippen LogP contribution is 2.25. The molecule has 0 bridgehead atoms. The molecule has 0 heterocycles. The maximum Gasteiger partial charge on any atom is 0.259 e. The Morgan fingerprint density at radius 3 is 2.48 bits per heavy atom. The second-order valence-electron chi connectivity index (χ2n) is 5.05. The van der Waals surface area contributed by atoms with Gasteiger partial charge in [0.2, 0.25) is 0 Å². The van der Waals surface area contributed by atoms with Gasteiger partial charge in [0, 0.05) is 25.5 Å². The van der Waals surface area contributed by atoms with Gasteiger partial charge in [-0.2, -0.15) is 0 Å². The first kappa shape index (κ1) is 14.7. The van der Waals surface area contributed by atoms with Crippen LogP contribution in [0.1, 0.15) is 15.9 Å². The van der Waals surface area contributed by atoms with Crippen LogP contribution >= 0.6 is 0 Å². The maximum atomic E-state index is 12.2. The van der Waals surface area contributed by atoms with Gasteiger partial charge in [-0.1, -0.05) is 6.07 Å². The molecule has 0 saturated carbocycles. The van der Waals surface area contributed by atoms with Crippen LogP contribution in [0.5, 0.6) is 11.5 Å². The van der Waals surface area contributed by atoms with Gasteiger partial charge in [-0.05, 0) is 42.8 Å². The number of carbonyl (C=O) groups is 1. The summed E-state index contributed by atoms with van der Waals surface area (Å²) in [6, 6.07) is 9.39. The SMILES string of the molecule is Cc1ccc(NC(=O)c2cc(O)ccc2O)cc1N(C)C. The van der Waals surface area contributed by atoms with Crippen molar-refractivity contribution < 1.29 is 15.0 Å². The summed E-state index contributed by atoms with van der Waals surface area (Å²) in [6.07, 6.45) is 0. The lowest BCUT2D eigenvalue weighted by Gasteiger charge is -2.17. The highest BCUT2D eigenvalue weighted by molar-refractivity contribution is 6.06. The summed E-state index contributed by atoms with van der Waals surface area (Å²) in [5, 5.41) is 21.8. The molecule has 0 unspecified atom stereocenters. The Balaban J connectivity index is 2.27. The summed E-state index contributed by atoms with van der Waals surface area (Å²) >= 11 is 0. The molecule has 0 aliphatic heterocycles. The molecule has 3 N–H and O–H groups in total. The lowest BCUT2D eigenvalue weighted by molar-refractivity contribution is 0.102. The molecule has 0 spiro atoms. The predicted molar refractivity (Wildman–Crippen MR) is 83.2 cm³/mol. The first-order chi connectivity index (χ1) is 9.88. The number of rotatable bonds is 3. The van der Waals surface area contributed by atoms with Gasteiger partial charge in [-0.3, -0.25) is 4.79 Å². The highest BCUT2D eigenvalue weighted by atomic mass is 16.3. The molecule has 2 rings (SSSR count). The molecule has 110 valence electrons. The zero-order chi connectivity index (χ0) is 15.6. The number of carbonyl (C=O) groups excluding carboxylic acids is 1. The minimum atomic E-state index is -0.475. The number of aryl methyl sites for hydroxylation is 1. The minimum absolute atomic E-state index is 0.0296. The number of aromatic hydroxyl groups is 2. The van der Waals surface area contributed by atoms with E-state index in [4.69, 9.17) is 0 Å². The van der Waals surface area contributed by atoms with Crippen molar-refractivity contribution in [1.29, 1.82) is 0 Å². The fourth-order valence-corrected chi connectivity index (χ4v) is 2.07. The number of phenols is 2. The monoisotopic (exact) mass is 286 g/mol. The van der Waals surface area contributed by atoms with Gasteiger partial charge in [0.1, 0.15) is 11.5 Å². The van der Waals surface area contributed by atoms with Gasteiger partial charge >= 0.3 is 0 Å². The van der Waals surface area contributed by atoms with Crippen LogP contribution in [0.4, 0.5) is 11.4 Å². The van der Waals surface area contributed by atoms with Gasteiger partial charge in [-0.25, -0.2) is 0 Å². The van der Waals surface area contributed by atoms with E-state index in [0.717, 1.165) is 11.3 Å². The van der Waals surface area contributed by atoms with Gasteiger partial charge in [0.05, 0.1) is 5.56 Å². The number of nitrogens with zero attached hydrogens (tertiary/aromatic N) is 1. The van der Waals surface area contributed by atoms with E-state index in [1.807, 2.05) is 38.1 Å². The summed E-state index contributed by atoms with van der Waals surface area (Å²) in [6.45, 7) is 1.99. The lowest BCUT2D eigenvalue weighted by Crippen LogP contribution is -2.14. The molecule has 5 nitrogen and oxygen atoms in total. The largest absolute Gasteiger partial charge is 0.508 e. The number of phenolic OH excluding ortho intramolecular Hbond substituents is 2. The van der Waals surface area contributed by atoms with Crippen LogP contribution in [0.2, 0.25) is 0 Å². The molecule has 5 heteroatoms. The Hall–Kier alpha value is -2.69.